The predicted octanol–water partition coefficient (Wildman–Crippen LogP) is 3.22. The molecule has 3 aromatic rings. The molecule has 0 fully saturated rings. The number of benzene rings is 2. The van der Waals surface area contributed by atoms with Gasteiger partial charge in [-0.05, 0) is 44.2 Å². The van der Waals surface area contributed by atoms with Crippen LogP contribution in [0.25, 0.3) is 11.0 Å². The van der Waals surface area contributed by atoms with Gasteiger partial charge in [0.2, 0.25) is 0 Å². The number of hydrogen-bond acceptors (Lipinski definition) is 6. The number of hydrogen-bond donors (Lipinski definition) is 1. The van der Waals surface area contributed by atoms with Gasteiger partial charge in [0.05, 0.1) is 11.1 Å². The Bertz CT molecular complexity index is 1070. The molecule has 6 heteroatoms. The van der Waals surface area contributed by atoms with Crippen LogP contribution in [0.15, 0.2) is 63.8 Å². The lowest BCUT2D eigenvalue weighted by Crippen LogP contribution is -2.49. The lowest BCUT2D eigenvalue weighted by molar-refractivity contribution is -0.116. The SMILES string of the molecule is CC1(C)Oc2ccc3ccc(=O)oc3c2[C@H](OC(=O)c2ccccc2)[C@H]1O. The summed E-state index contributed by atoms with van der Waals surface area (Å²) in [7, 11) is 0. The number of rotatable bonds is 2. The zero-order valence-electron chi connectivity index (χ0n) is 14.8. The van der Waals surface area contributed by atoms with Crippen molar-refractivity contribution in [1.29, 1.82) is 0 Å². The van der Waals surface area contributed by atoms with Crippen LogP contribution in [0.3, 0.4) is 0 Å². The molecule has 0 saturated heterocycles. The Morgan fingerprint density at radius 1 is 1.07 bits per heavy atom. The Morgan fingerprint density at radius 2 is 1.78 bits per heavy atom. The number of carbonyl (C=O) groups excluding carboxylic acids is 1. The van der Waals surface area contributed by atoms with Gasteiger partial charge in [-0.15, -0.1) is 0 Å². The van der Waals surface area contributed by atoms with E-state index in [1.807, 2.05) is 0 Å². The molecule has 1 aromatic heterocycles. The van der Waals surface area contributed by atoms with Gasteiger partial charge in [0, 0.05) is 11.5 Å². The highest BCUT2D eigenvalue weighted by molar-refractivity contribution is 5.90. The summed E-state index contributed by atoms with van der Waals surface area (Å²) >= 11 is 0. The number of aliphatic hydroxyl groups excluding tert-OH is 1. The average Bonchev–Trinajstić information content (AvgIpc) is 2.65. The number of esters is 1. The van der Waals surface area contributed by atoms with E-state index in [2.05, 4.69) is 0 Å². The van der Waals surface area contributed by atoms with Crippen LogP contribution in [0.4, 0.5) is 0 Å². The van der Waals surface area contributed by atoms with Gasteiger partial charge in [-0.2, -0.15) is 0 Å². The minimum atomic E-state index is -1.16. The van der Waals surface area contributed by atoms with Crippen molar-refractivity contribution in [2.75, 3.05) is 0 Å². The van der Waals surface area contributed by atoms with Gasteiger partial charge >= 0.3 is 11.6 Å². The first-order valence-electron chi connectivity index (χ1n) is 8.57. The molecule has 2 aromatic carbocycles. The van der Waals surface area contributed by atoms with Crippen molar-refractivity contribution in [3.05, 3.63) is 76.1 Å². The first-order valence-corrected chi connectivity index (χ1v) is 8.57. The zero-order valence-corrected chi connectivity index (χ0v) is 14.8. The van der Waals surface area contributed by atoms with E-state index in [0.29, 0.717) is 22.3 Å². The van der Waals surface area contributed by atoms with Crippen LogP contribution in [0.5, 0.6) is 5.75 Å². The van der Waals surface area contributed by atoms with Crippen LogP contribution in [0, 0.1) is 0 Å². The van der Waals surface area contributed by atoms with Gasteiger partial charge in [0.1, 0.15) is 23.0 Å². The maximum absolute atomic E-state index is 12.6. The number of aliphatic hydroxyl groups is 1. The molecule has 1 aliphatic heterocycles. The summed E-state index contributed by atoms with van der Waals surface area (Å²) in [4.78, 5) is 24.4. The quantitative estimate of drug-likeness (QED) is 0.554. The molecule has 2 heterocycles. The lowest BCUT2D eigenvalue weighted by atomic mass is 9.87. The second kappa shape index (κ2) is 6.25. The molecule has 0 unspecified atom stereocenters. The standard InChI is InChI=1S/C21H18O6/c1-21(2)19(23)18(26-20(24)13-6-4-3-5-7-13)16-14(27-21)10-8-12-9-11-15(22)25-17(12)16/h3-11,18-19,23H,1-2H3/t18-,19+/m0/s1. The van der Waals surface area contributed by atoms with Crippen molar-refractivity contribution in [3.63, 3.8) is 0 Å². The molecule has 0 saturated carbocycles. The van der Waals surface area contributed by atoms with Crippen LogP contribution >= 0.6 is 0 Å². The van der Waals surface area contributed by atoms with Gasteiger partial charge in [-0.25, -0.2) is 9.59 Å². The van der Waals surface area contributed by atoms with E-state index in [0.717, 1.165) is 0 Å². The molecule has 4 rings (SSSR count). The van der Waals surface area contributed by atoms with Crippen LogP contribution in [0.2, 0.25) is 0 Å². The Hall–Kier alpha value is -3.12. The van der Waals surface area contributed by atoms with Crippen LogP contribution < -0.4 is 10.4 Å². The molecule has 138 valence electrons. The van der Waals surface area contributed by atoms with Crippen molar-refractivity contribution < 1.29 is 23.8 Å². The maximum atomic E-state index is 12.6. The first-order chi connectivity index (χ1) is 12.9. The Kier molecular flexibility index (Phi) is 4.00. The first kappa shape index (κ1) is 17.3. The fourth-order valence-corrected chi connectivity index (χ4v) is 3.24. The third kappa shape index (κ3) is 2.98. The predicted molar refractivity (Wildman–Crippen MR) is 97.8 cm³/mol. The summed E-state index contributed by atoms with van der Waals surface area (Å²) in [5.41, 5.74) is -0.598. The number of carbonyl (C=O) groups is 1. The molecular weight excluding hydrogens is 348 g/mol. The van der Waals surface area contributed by atoms with Crippen molar-refractivity contribution in [2.45, 2.75) is 31.7 Å². The third-order valence-electron chi connectivity index (χ3n) is 4.69. The summed E-state index contributed by atoms with van der Waals surface area (Å²) < 4.78 is 16.9. The molecule has 1 N–H and O–H groups in total. The normalized spacial score (nSPS) is 20.6. The topological polar surface area (TPSA) is 86.0 Å². The van der Waals surface area contributed by atoms with Gasteiger partial charge < -0.3 is 19.0 Å². The van der Waals surface area contributed by atoms with E-state index in [4.69, 9.17) is 13.9 Å². The molecule has 27 heavy (non-hydrogen) atoms. The molecule has 0 bridgehead atoms. The Labute approximate surface area is 155 Å². The van der Waals surface area contributed by atoms with Gasteiger partial charge in [0.25, 0.3) is 0 Å². The van der Waals surface area contributed by atoms with E-state index in [1.165, 1.54) is 6.07 Å². The van der Waals surface area contributed by atoms with Crippen molar-refractivity contribution in [3.8, 4) is 5.75 Å². The highest BCUT2D eigenvalue weighted by Gasteiger charge is 2.46. The molecule has 0 spiro atoms. The summed E-state index contributed by atoms with van der Waals surface area (Å²) in [6.07, 6.45) is -2.21. The molecule has 0 radical (unpaired) electrons. The Morgan fingerprint density at radius 3 is 2.52 bits per heavy atom. The second-order valence-electron chi connectivity index (χ2n) is 6.99. The summed E-state index contributed by atoms with van der Waals surface area (Å²) in [5, 5.41) is 11.5. The number of fused-ring (bicyclic) bond motifs is 3. The fraction of sp³-hybridized carbons (Fsp3) is 0.238. The van der Waals surface area contributed by atoms with Gasteiger partial charge in [-0.1, -0.05) is 18.2 Å². The fourth-order valence-electron chi connectivity index (χ4n) is 3.24. The highest BCUT2D eigenvalue weighted by Crippen LogP contribution is 2.45. The van der Waals surface area contributed by atoms with Crippen LogP contribution in [-0.4, -0.2) is 22.8 Å². The molecule has 0 amide bonds. The largest absolute Gasteiger partial charge is 0.484 e. The van der Waals surface area contributed by atoms with Crippen LogP contribution in [-0.2, 0) is 4.74 Å². The molecule has 6 nitrogen and oxygen atoms in total. The maximum Gasteiger partial charge on any atom is 0.338 e. The molecule has 1 aliphatic rings. The minimum Gasteiger partial charge on any atom is -0.484 e. The monoisotopic (exact) mass is 366 g/mol. The van der Waals surface area contributed by atoms with E-state index in [9.17, 15) is 14.7 Å². The van der Waals surface area contributed by atoms with E-state index >= 15 is 0 Å². The third-order valence-corrected chi connectivity index (χ3v) is 4.69. The molecular formula is C21H18O6. The minimum absolute atomic E-state index is 0.236. The van der Waals surface area contributed by atoms with Crippen molar-refractivity contribution in [2.24, 2.45) is 0 Å². The highest BCUT2D eigenvalue weighted by atomic mass is 16.6. The average molecular weight is 366 g/mol. The molecule has 0 aliphatic carbocycles. The van der Waals surface area contributed by atoms with E-state index in [1.54, 1.807) is 62.4 Å². The van der Waals surface area contributed by atoms with Crippen molar-refractivity contribution >= 4 is 16.9 Å². The summed E-state index contributed by atoms with van der Waals surface area (Å²) in [5.74, 6) is -0.184. The Balaban J connectivity index is 1.86. The zero-order chi connectivity index (χ0) is 19.2. The van der Waals surface area contributed by atoms with E-state index < -0.39 is 29.4 Å². The van der Waals surface area contributed by atoms with Gasteiger partial charge in [0.15, 0.2) is 6.10 Å². The van der Waals surface area contributed by atoms with E-state index in [-0.39, 0.29) is 5.58 Å². The second-order valence-corrected chi connectivity index (χ2v) is 6.99. The molecule has 2 atom stereocenters. The smallest absolute Gasteiger partial charge is 0.338 e. The summed E-state index contributed by atoms with van der Waals surface area (Å²) in [6.45, 7) is 3.41. The van der Waals surface area contributed by atoms with Gasteiger partial charge in [-0.3, -0.25) is 0 Å². The summed E-state index contributed by atoms with van der Waals surface area (Å²) in [6, 6.07) is 14.9. The lowest BCUT2D eigenvalue weighted by Gasteiger charge is -2.41. The van der Waals surface area contributed by atoms with Crippen molar-refractivity contribution in [1.82, 2.24) is 0 Å². The number of ether oxygens (including phenoxy) is 2. The van der Waals surface area contributed by atoms with Crippen LogP contribution in [0.1, 0.15) is 35.9 Å².